The van der Waals surface area contributed by atoms with Crippen molar-refractivity contribution in [2.24, 2.45) is 17.8 Å². The lowest BCUT2D eigenvalue weighted by Gasteiger charge is -2.33. The van der Waals surface area contributed by atoms with Gasteiger partial charge in [0.1, 0.15) is 0 Å². The highest BCUT2D eigenvalue weighted by Gasteiger charge is 2.41. The maximum atomic E-state index is 11.2. The predicted octanol–water partition coefficient (Wildman–Crippen LogP) is 3.56. The van der Waals surface area contributed by atoms with Crippen LogP contribution >= 0.6 is 0 Å². The summed E-state index contributed by atoms with van der Waals surface area (Å²) in [7, 11) is 4.28. The van der Waals surface area contributed by atoms with Crippen molar-refractivity contribution in [2.75, 3.05) is 14.1 Å². The van der Waals surface area contributed by atoms with Gasteiger partial charge in [-0.25, -0.2) is 0 Å². The average molecular weight is 414 g/mol. The minimum Gasteiger partial charge on any atom is -0.481 e. The van der Waals surface area contributed by atoms with E-state index in [0.29, 0.717) is 6.04 Å². The van der Waals surface area contributed by atoms with Gasteiger partial charge in [0.25, 0.3) is 0 Å². The van der Waals surface area contributed by atoms with Gasteiger partial charge in [-0.05, 0) is 59.5 Å². The minimum atomic E-state index is -0.818. The summed E-state index contributed by atoms with van der Waals surface area (Å²) in [5, 5.41) is 20.2. The number of carboxylic acid groups (broad SMARTS) is 1. The van der Waals surface area contributed by atoms with Crippen LogP contribution < -0.4 is 0 Å². The van der Waals surface area contributed by atoms with E-state index in [0.717, 1.165) is 32.1 Å². The van der Waals surface area contributed by atoms with Gasteiger partial charge in [-0.15, -0.1) is 0 Å². The Morgan fingerprint density at radius 3 is 2.10 bits per heavy atom. The summed E-state index contributed by atoms with van der Waals surface area (Å²) in [5.41, 5.74) is 0. The summed E-state index contributed by atoms with van der Waals surface area (Å²) < 4.78 is 12.4. The first kappa shape index (κ1) is 24.6. The Labute approximate surface area is 176 Å². The van der Waals surface area contributed by atoms with E-state index in [9.17, 15) is 15.0 Å². The summed E-state index contributed by atoms with van der Waals surface area (Å²) in [5.74, 6) is -1.32. The minimum absolute atomic E-state index is 0.0340. The zero-order valence-electron chi connectivity index (χ0n) is 19.2. The van der Waals surface area contributed by atoms with Crippen molar-refractivity contribution >= 4 is 5.97 Å². The Hall–Kier alpha value is -0.690. The molecule has 6 nitrogen and oxygen atoms in total. The summed E-state index contributed by atoms with van der Waals surface area (Å²) in [6.45, 7) is 8.03. The maximum Gasteiger partial charge on any atom is 0.308 e. The second kappa shape index (κ2) is 11.1. The number of rotatable bonds is 11. The van der Waals surface area contributed by atoms with Crippen molar-refractivity contribution in [3.05, 3.63) is 0 Å². The Morgan fingerprint density at radius 1 is 1.00 bits per heavy atom. The van der Waals surface area contributed by atoms with Crippen LogP contribution in [0.25, 0.3) is 0 Å². The first-order chi connectivity index (χ1) is 13.6. The molecule has 2 saturated heterocycles. The van der Waals surface area contributed by atoms with Crippen LogP contribution in [0, 0.1) is 17.8 Å². The van der Waals surface area contributed by atoms with Crippen LogP contribution in [-0.2, 0) is 14.3 Å². The molecular weight excluding hydrogens is 370 g/mol. The van der Waals surface area contributed by atoms with Crippen LogP contribution in [0.5, 0.6) is 0 Å². The summed E-state index contributed by atoms with van der Waals surface area (Å²) in [6, 6.07) is 0.544. The molecule has 0 amide bonds. The van der Waals surface area contributed by atoms with Gasteiger partial charge in [0.15, 0.2) is 0 Å². The molecule has 170 valence electrons. The number of ether oxygens (including phenoxy) is 2. The van der Waals surface area contributed by atoms with Gasteiger partial charge < -0.3 is 24.6 Å². The number of aliphatic hydroxyl groups excluding tert-OH is 1. The monoisotopic (exact) mass is 413 g/mol. The van der Waals surface area contributed by atoms with E-state index in [1.54, 1.807) is 6.92 Å². The second-order valence-electron chi connectivity index (χ2n) is 9.64. The van der Waals surface area contributed by atoms with Crippen molar-refractivity contribution in [3.8, 4) is 0 Å². The first-order valence-corrected chi connectivity index (χ1v) is 11.5. The van der Waals surface area contributed by atoms with Crippen LogP contribution in [0.3, 0.4) is 0 Å². The van der Waals surface area contributed by atoms with Crippen LogP contribution in [-0.4, -0.2) is 71.7 Å². The maximum absolute atomic E-state index is 11.2. The van der Waals surface area contributed by atoms with Crippen LogP contribution in [0.4, 0.5) is 0 Å². The third kappa shape index (κ3) is 6.39. The number of hydrogen-bond donors (Lipinski definition) is 2. The zero-order valence-corrected chi connectivity index (χ0v) is 19.2. The molecular formula is C23H43NO5. The first-order valence-electron chi connectivity index (χ1n) is 11.5. The number of aliphatic carboxylic acids is 1. The average Bonchev–Trinajstić information content (AvgIpc) is 3.34. The number of hydrogen-bond acceptors (Lipinski definition) is 5. The number of aliphatic hydroxyl groups is 1. The molecule has 9 atom stereocenters. The molecule has 0 saturated carbocycles. The van der Waals surface area contributed by atoms with Crippen molar-refractivity contribution in [2.45, 2.75) is 109 Å². The molecule has 2 rings (SSSR count). The lowest BCUT2D eigenvalue weighted by molar-refractivity contribution is -0.147. The Bertz CT molecular complexity index is 513. The normalized spacial score (nSPS) is 32.8. The van der Waals surface area contributed by atoms with Gasteiger partial charge in [0.05, 0.1) is 36.4 Å². The molecule has 6 heteroatoms. The molecule has 0 spiro atoms. The fourth-order valence-corrected chi connectivity index (χ4v) is 5.04. The fraction of sp³-hybridized carbons (Fsp3) is 0.957. The largest absolute Gasteiger partial charge is 0.481 e. The number of carboxylic acids is 1. The van der Waals surface area contributed by atoms with Crippen LogP contribution in [0.2, 0.25) is 0 Å². The SMILES string of the molecule is CCC[C@H](C[C@@H]1CC[C@H]([C@@H](C)[C@H](O)[C@H](C)[C@@H]2CC[C@H]([C@@H](C)C(=O)O)O2)O1)N(C)C. The molecule has 0 aromatic heterocycles. The molecule has 0 radical (unpaired) electrons. The predicted molar refractivity (Wildman–Crippen MR) is 114 cm³/mol. The molecule has 2 aliphatic heterocycles. The number of carbonyl (C=O) groups is 1. The van der Waals surface area contributed by atoms with Gasteiger partial charge in [0.2, 0.25) is 0 Å². The molecule has 0 bridgehead atoms. The van der Waals surface area contributed by atoms with E-state index in [-0.39, 0.29) is 36.3 Å². The topological polar surface area (TPSA) is 79.2 Å². The van der Waals surface area contributed by atoms with Crippen LogP contribution in [0.1, 0.15) is 72.6 Å². The third-order valence-corrected chi connectivity index (χ3v) is 7.31. The van der Waals surface area contributed by atoms with Crippen molar-refractivity contribution in [3.63, 3.8) is 0 Å². The van der Waals surface area contributed by atoms with Gasteiger partial charge >= 0.3 is 5.97 Å². The Balaban J connectivity index is 1.85. The lowest BCUT2D eigenvalue weighted by atomic mass is 9.84. The Morgan fingerprint density at radius 2 is 1.55 bits per heavy atom. The van der Waals surface area contributed by atoms with Crippen LogP contribution in [0.15, 0.2) is 0 Å². The molecule has 0 aromatic carbocycles. The van der Waals surface area contributed by atoms with Crippen molar-refractivity contribution in [1.29, 1.82) is 0 Å². The quantitative estimate of drug-likeness (QED) is 0.539. The highest BCUT2D eigenvalue weighted by atomic mass is 16.5. The van der Waals surface area contributed by atoms with E-state index < -0.39 is 18.0 Å². The van der Waals surface area contributed by atoms with Gasteiger partial charge in [-0.2, -0.15) is 0 Å². The van der Waals surface area contributed by atoms with Crippen molar-refractivity contribution in [1.82, 2.24) is 4.90 Å². The lowest BCUT2D eigenvalue weighted by Crippen LogP contribution is -2.40. The highest BCUT2D eigenvalue weighted by molar-refractivity contribution is 5.70. The highest BCUT2D eigenvalue weighted by Crippen LogP contribution is 2.36. The smallest absolute Gasteiger partial charge is 0.308 e. The Kier molecular flexibility index (Phi) is 9.39. The van der Waals surface area contributed by atoms with E-state index in [1.165, 1.54) is 12.8 Å². The van der Waals surface area contributed by atoms with Gasteiger partial charge in [-0.3, -0.25) is 4.79 Å². The van der Waals surface area contributed by atoms with E-state index in [2.05, 4.69) is 32.8 Å². The molecule has 0 aromatic rings. The number of nitrogens with zero attached hydrogens (tertiary/aromatic N) is 1. The molecule has 2 heterocycles. The molecule has 0 unspecified atom stereocenters. The molecule has 2 aliphatic rings. The fourth-order valence-electron chi connectivity index (χ4n) is 5.04. The second-order valence-corrected chi connectivity index (χ2v) is 9.64. The summed E-state index contributed by atoms with van der Waals surface area (Å²) >= 11 is 0. The summed E-state index contributed by atoms with van der Waals surface area (Å²) in [6.07, 6.45) is 6.51. The molecule has 0 aliphatic carbocycles. The standard InChI is InChI=1S/C23H43NO5/c1-7-8-17(24(5)6)13-18-9-10-19(28-18)14(2)22(25)15(3)20-11-12-21(29-20)16(4)23(26)27/h14-22,25H,7-13H2,1-6H3,(H,26,27)/t14-,15-,16-,17-,18+,19-,20+,21-,22+/m1/s1. The summed E-state index contributed by atoms with van der Waals surface area (Å²) in [4.78, 5) is 13.5. The van der Waals surface area contributed by atoms with Crippen molar-refractivity contribution < 1.29 is 24.5 Å². The zero-order chi connectivity index (χ0) is 21.7. The van der Waals surface area contributed by atoms with E-state index >= 15 is 0 Å². The third-order valence-electron chi connectivity index (χ3n) is 7.31. The van der Waals surface area contributed by atoms with E-state index in [1.807, 2.05) is 6.92 Å². The van der Waals surface area contributed by atoms with Gasteiger partial charge in [-0.1, -0.05) is 27.2 Å². The molecule has 2 N–H and O–H groups in total. The molecule has 29 heavy (non-hydrogen) atoms. The van der Waals surface area contributed by atoms with Gasteiger partial charge in [0, 0.05) is 17.9 Å². The molecule has 2 fully saturated rings. The van der Waals surface area contributed by atoms with E-state index in [4.69, 9.17) is 9.47 Å².